The third kappa shape index (κ3) is 5.85. The second-order valence-electron chi connectivity index (χ2n) is 6.92. The Kier molecular flexibility index (Phi) is 7.91. The zero-order chi connectivity index (χ0) is 19.8. The van der Waals surface area contributed by atoms with Gasteiger partial charge in [0.25, 0.3) is 0 Å². The first kappa shape index (κ1) is 21.0. The van der Waals surface area contributed by atoms with Crippen LogP contribution in [0.2, 0.25) is 0 Å². The van der Waals surface area contributed by atoms with E-state index >= 15 is 0 Å². The second kappa shape index (κ2) is 10.2. The molecule has 7 nitrogen and oxygen atoms in total. The molecular weight excluding hydrogens is 346 g/mol. The van der Waals surface area contributed by atoms with Gasteiger partial charge in [-0.2, -0.15) is 0 Å². The fourth-order valence-corrected chi connectivity index (χ4v) is 3.18. The Morgan fingerprint density at radius 3 is 2.26 bits per heavy atom. The number of piperazine rings is 1. The predicted octanol–water partition coefficient (Wildman–Crippen LogP) is 1.52. The van der Waals surface area contributed by atoms with E-state index in [1.807, 2.05) is 38.1 Å². The normalized spacial score (nSPS) is 17.1. The lowest BCUT2D eigenvalue weighted by Crippen LogP contribution is -2.52. The molecule has 2 atom stereocenters. The number of hydrogen-bond acceptors (Lipinski definition) is 6. The van der Waals surface area contributed by atoms with Gasteiger partial charge in [-0.05, 0) is 30.2 Å². The number of hydrogen-bond donors (Lipinski definition) is 1. The minimum atomic E-state index is -0.590. The summed E-state index contributed by atoms with van der Waals surface area (Å²) in [7, 11) is 3.01. The van der Waals surface area contributed by atoms with Gasteiger partial charge in [-0.3, -0.25) is 9.69 Å². The summed E-state index contributed by atoms with van der Waals surface area (Å²) < 4.78 is 10.0. The van der Waals surface area contributed by atoms with E-state index in [0.717, 1.165) is 44.0 Å². The quantitative estimate of drug-likeness (QED) is 0.693. The molecule has 7 heteroatoms. The highest BCUT2D eigenvalue weighted by atomic mass is 16.5. The third-order valence-electron chi connectivity index (χ3n) is 5.16. The van der Waals surface area contributed by atoms with E-state index in [-0.39, 0.29) is 17.8 Å². The van der Waals surface area contributed by atoms with Gasteiger partial charge in [-0.15, -0.1) is 0 Å². The van der Waals surface area contributed by atoms with Crippen molar-refractivity contribution in [2.24, 2.45) is 5.92 Å². The molecule has 2 rings (SSSR count). The molecule has 0 saturated carbocycles. The molecule has 1 aromatic carbocycles. The van der Waals surface area contributed by atoms with Gasteiger partial charge in [0.2, 0.25) is 5.91 Å². The SMILES string of the molecule is CC[C@H](C)[C@H](NC(=O)CN1CCN(c2ccc(OC)cc2)CC1)C(=O)OC. The second-order valence-corrected chi connectivity index (χ2v) is 6.92. The number of methoxy groups -OCH3 is 2. The van der Waals surface area contributed by atoms with Crippen molar-refractivity contribution < 1.29 is 19.1 Å². The molecule has 27 heavy (non-hydrogen) atoms. The average Bonchev–Trinajstić information content (AvgIpc) is 2.71. The van der Waals surface area contributed by atoms with Gasteiger partial charge in [0.05, 0.1) is 20.8 Å². The molecule has 1 aliphatic rings. The molecule has 1 aromatic rings. The number of amides is 1. The molecule has 0 aliphatic carbocycles. The molecule has 0 radical (unpaired) electrons. The molecule has 0 bridgehead atoms. The first-order valence-electron chi connectivity index (χ1n) is 9.47. The van der Waals surface area contributed by atoms with Crippen LogP contribution in [0.5, 0.6) is 5.75 Å². The first-order chi connectivity index (χ1) is 13.0. The highest BCUT2D eigenvalue weighted by molar-refractivity contribution is 5.85. The monoisotopic (exact) mass is 377 g/mol. The molecular formula is C20H31N3O4. The fraction of sp³-hybridized carbons (Fsp3) is 0.600. The Morgan fingerprint density at radius 2 is 1.74 bits per heavy atom. The number of ether oxygens (including phenoxy) is 2. The van der Waals surface area contributed by atoms with Crippen LogP contribution in [0.1, 0.15) is 20.3 Å². The molecule has 0 aromatic heterocycles. The Balaban J connectivity index is 1.83. The van der Waals surface area contributed by atoms with Crippen molar-refractivity contribution in [2.45, 2.75) is 26.3 Å². The summed E-state index contributed by atoms with van der Waals surface area (Å²) in [5.41, 5.74) is 1.16. The van der Waals surface area contributed by atoms with Gasteiger partial charge >= 0.3 is 5.97 Å². The van der Waals surface area contributed by atoms with Crippen LogP contribution < -0.4 is 15.0 Å². The van der Waals surface area contributed by atoms with Gasteiger partial charge in [0.1, 0.15) is 11.8 Å². The van der Waals surface area contributed by atoms with Gasteiger partial charge in [-0.25, -0.2) is 4.79 Å². The molecule has 1 N–H and O–H groups in total. The van der Waals surface area contributed by atoms with E-state index in [1.54, 1.807) is 7.11 Å². The van der Waals surface area contributed by atoms with Gasteiger partial charge < -0.3 is 19.7 Å². The molecule has 0 spiro atoms. The standard InChI is InChI=1S/C20H31N3O4/c1-5-15(2)19(20(25)27-4)21-18(24)14-22-10-12-23(13-11-22)16-6-8-17(26-3)9-7-16/h6-9,15,19H,5,10-14H2,1-4H3,(H,21,24)/t15-,19-/m0/s1. The lowest BCUT2D eigenvalue weighted by molar-refractivity contribution is -0.146. The lowest BCUT2D eigenvalue weighted by Gasteiger charge is -2.36. The number of nitrogens with one attached hydrogen (secondary N) is 1. The van der Waals surface area contributed by atoms with E-state index in [4.69, 9.17) is 9.47 Å². The number of nitrogens with zero attached hydrogens (tertiary/aromatic N) is 2. The van der Waals surface area contributed by atoms with Gasteiger partial charge in [0, 0.05) is 31.9 Å². The van der Waals surface area contributed by atoms with E-state index in [9.17, 15) is 9.59 Å². The van der Waals surface area contributed by atoms with Crippen LogP contribution in [0.25, 0.3) is 0 Å². The number of benzene rings is 1. The summed E-state index contributed by atoms with van der Waals surface area (Å²) in [6.07, 6.45) is 0.792. The number of anilines is 1. The molecule has 0 unspecified atom stereocenters. The fourth-order valence-electron chi connectivity index (χ4n) is 3.18. The van der Waals surface area contributed by atoms with Crippen LogP contribution in [-0.2, 0) is 14.3 Å². The van der Waals surface area contributed by atoms with Crippen LogP contribution in [0.3, 0.4) is 0 Å². The largest absolute Gasteiger partial charge is 0.497 e. The number of esters is 1. The maximum absolute atomic E-state index is 12.4. The zero-order valence-corrected chi connectivity index (χ0v) is 16.7. The highest BCUT2D eigenvalue weighted by Crippen LogP contribution is 2.20. The number of carbonyl (C=O) groups excluding carboxylic acids is 2. The van der Waals surface area contributed by atoms with Crippen molar-refractivity contribution in [3.05, 3.63) is 24.3 Å². The minimum Gasteiger partial charge on any atom is -0.497 e. The Morgan fingerprint density at radius 1 is 1.11 bits per heavy atom. The summed E-state index contributed by atoms with van der Waals surface area (Å²) in [6, 6.07) is 7.42. The molecule has 1 fully saturated rings. The molecule has 1 aliphatic heterocycles. The maximum Gasteiger partial charge on any atom is 0.328 e. The van der Waals surface area contributed by atoms with Crippen molar-refractivity contribution in [1.29, 1.82) is 0 Å². The smallest absolute Gasteiger partial charge is 0.328 e. The maximum atomic E-state index is 12.4. The Hall–Kier alpha value is -2.28. The zero-order valence-electron chi connectivity index (χ0n) is 16.7. The lowest BCUT2D eigenvalue weighted by atomic mass is 9.99. The van der Waals surface area contributed by atoms with Crippen molar-refractivity contribution in [3.63, 3.8) is 0 Å². The summed E-state index contributed by atoms with van der Waals surface area (Å²) in [6.45, 7) is 7.52. The molecule has 1 amide bonds. The van der Waals surface area contributed by atoms with E-state index < -0.39 is 6.04 Å². The highest BCUT2D eigenvalue weighted by Gasteiger charge is 2.27. The van der Waals surface area contributed by atoms with Crippen molar-refractivity contribution in [1.82, 2.24) is 10.2 Å². The van der Waals surface area contributed by atoms with Crippen molar-refractivity contribution >= 4 is 17.6 Å². The van der Waals surface area contributed by atoms with Crippen LogP contribution in [0.15, 0.2) is 24.3 Å². The van der Waals surface area contributed by atoms with E-state index in [0.29, 0.717) is 6.54 Å². The van der Waals surface area contributed by atoms with Crippen LogP contribution >= 0.6 is 0 Å². The topological polar surface area (TPSA) is 71.1 Å². The summed E-state index contributed by atoms with van der Waals surface area (Å²) in [5, 5.41) is 2.84. The third-order valence-corrected chi connectivity index (χ3v) is 5.16. The van der Waals surface area contributed by atoms with E-state index in [1.165, 1.54) is 7.11 Å². The molecule has 1 heterocycles. The van der Waals surface area contributed by atoms with Crippen LogP contribution in [0, 0.1) is 5.92 Å². The first-order valence-corrected chi connectivity index (χ1v) is 9.47. The summed E-state index contributed by atoms with van der Waals surface area (Å²) >= 11 is 0. The Bertz CT molecular complexity index is 612. The molecule has 150 valence electrons. The predicted molar refractivity (Wildman–Crippen MR) is 105 cm³/mol. The number of carbonyl (C=O) groups is 2. The summed E-state index contributed by atoms with van der Waals surface area (Å²) in [4.78, 5) is 28.7. The van der Waals surface area contributed by atoms with Gasteiger partial charge in [-0.1, -0.05) is 20.3 Å². The van der Waals surface area contributed by atoms with Crippen molar-refractivity contribution in [3.8, 4) is 5.75 Å². The van der Waals surface area contributed by atoms with Crippen molar-refractivity contribution in [2.75, 3.05) is 51.8 Å². The minimum absolute atomic E-state index is 0.0355. The van der Waals surface area contributed by atoms with Crippen LogP contribution in [0.4, 0.5) is 5.69 Å². The van der Waals surface area contributed by atoms with Crippen LogP contribution in [-0.4, -0.2) is 69.8 Å². The average molecular weight is 377 g/mol. The van der Waals surface area contributed by atoms with Gasteiger partial charge in [0.15, 0.2) is 0 Å². The number of rotatable bonds is 8. The molecule has 1 saturated heterocycles. The van der Waals surface area contributed by atoms with E-state index in [2.05, 4.69) is 15.1 Å². The Labute approximate surface area is 161 Å². The summed E-state index contributed by atoms with van der Waals surface area (Å²) in [5.74, 6) is 0.356.